The summed E-state index contributed by atoms with van der Waals surface area (Å²) in [6, 6.07) is 3.09. The van der Waals surface area contributed by atoms with E-state index in [1.807, 2.05) is 6.92 Å². The van der Waals surface area contributed by atoms with E-state index in [4.69, 9.17) is 4.52 Å². The number of carbonyl (C=O) groups excluding carboxylic acids is 1. The number of carbonyl (C=O) groups is 1. The predicted molar refractivity (Wildman–Crippen MR) is 111 cm³/mol. The number of sulfonamides is 1. The summed E-state index contributed by atoms with van der Waals surface area (Å²) in [5, 5.41) is 6.60. The lowest BCUT2D eigenvalue weighted by Gasteiger charge is -2.30. The van der Waals surface area contributed by atoms with E-state index >= 15 is 0 Å². The summed E-state index contributed by atoms with van der Waals surface area (Å²) in [4.78, 5) is 12.1. The standard InChI is InChI=1S/C21H25F2N3O4S/c1-3-10-24-21(27)16-8-11-26(12-9-16)31(28,29)20-14(2)25-30-19(20)7-5-15-4-6-17(22)13-18(15)23/h4-7,13,16H,3,8-12H2,1-2H3,(H,24,27)/b7-5+. The highest BCUT2D eigenvalue weighted by atomic mass is 32.2. The van der Waals surface area contributed by atoms with Crippen molar-refractivity contribution in [2.24, 2.45) is 5.92 Å². The molecule has 1 amide bonds. The van der Waals surface area contributed by atoms with Crippen molar-refractivity contribution >= 4 is 28.1 Å². The van der Waals surface area contributed by atoms with Gasteiger partial charge in [0.05, 0.1) is 0 Å². The Bertz CT molecular complexity index is 1070. The van der Waals surface area contributed by atoms with E-state index in [1.54, 1.807) is 0 Å². The van der Waals surface area contributed by atoms with Crippen LogP contribution in [0.2, 0.25) is 0 Å². The number of aromatic nitrogens is 1. The molecule has 0 radical (unpaired) electrons. The first-order valence-electron chi connectivity index (χ1n) is 10.1. The van der Waals surface area contributed by atoms with Gasteiger partial charge in [0, 0.05) is 37.2 Å². The number of hydrogen-bond acceptors (Lipinski definition) is 5. The Hall–Kier alpha value is -2.59. The maximum Gasteiger partial charge on any atom is 0.248 e. The number of benzene rings is 1. The van der Waals surface area contributed by atoms with Gasteiger partial charge in [-0.15, -0.1) is 0 Å². The van der Waals surface area contributed by atoms with Gasteiger partial charge in [-0.25, -0.2) is 17.2 Å². The molecule has 0 saturated carbocycles. The molecule has 0 spiro atoms. The molecule has 168 valence electrons. The van der Waals surface area contributed by atoms with E-state index in [2.05, 4.69) is 10.5 Å². The number of aryl methyl sites for hydroxylation is 1. The molecule has 1 aromatic heterocycles. The minimum absolute atomic E-state index is 0.0379. The maximum atomic E-state index is 13.9. The molecule has 1 fully saturated rings. The fourth-order valence-electron chi connectivity index (χ4n) is 3.48. The molecule has 10 heteroatoms. The van der Waals surface area contributed by atoms with Crippen LogP contribution in [-0.2, 0) is 14.8 Å². The molecule has 0 atom stereocenters. The predicted octanol–water partition coefficient (Wildman–Crippen LogP) is 3.36. The minimum atomic E-state index is -3.93. The van der Waals surface area contributed by atoms with E-state index in [1.165, 1.54) is 29.4 Å². The summed E-state index contributed by atoms with van der Waals surface area (Å²) in [5.41, 5.74) is 0.264. The number of rotatable bonds is 7. The Balaban J connectivity index is 1.77. The molecule has 0 bridgehead atoms. The highest BCUT2D eigenvalue weighted by Gasteiger charge is 2.35. The topological polar surface area (TPSA) is 92.5 Å². The monoisotopic (exact) mass is 453 g/mol. The highest BCUT2D eigenvalue weighted by molar-refractivity contribution is 7.89. The van der Waals surface area contributed by atoms with Gasteiger partial charge in [-0.2, -0.15) is 4.31 Å². The quantitative estimate of drug-likeness (QED) is 0.694. The molecule has 7 nitrogen and oxygen atoms in total. The van der Waals surface area contributed by atoms with E-state index in [0.717, 1.165) is 18.6 Å². The summed E-state index contributed by atoms with van der Waals surface area (Å²) in [6.07, 6.45) is 4.28. The lowest BCUT2D eigenvalue weighted by Crippen LogP contribution is -2.43. The number of amides is 1. The van der Waals surface area contributed by atoms with Crippen molar-refractivity contribution < 1.29 is 26.5 Å². The zero-order valence-electron chi connectivity index (χ0n) is 17.4. The molecule has 31 heavy (non-hydrogen) atoms. The van der Waals surface area contributed by atoms with Crippen LogP contribution in [0.4, 0.5) is 8.78 Å². The molecule has 2 aromatic rings. The van der Waals surface area contributed by atoms with Crippen molar-refractivity contribution in [3.63, 3.8) is 0 Å². The van der Waals surface area contributed by atoms with Crippen LogP contribution >= 0.6 is 0 Å². The summed E-state index contributed by atoms with van der Waals surface area (Å²) in [5.74, 6) is -1.79. The van der Waals surface area contributed by atoms with Gasteiger partial charge < -0.3 is 9.84 Å². The zero-order chi connectivity index (χ0) is 22.6. The average molecular weight is 454 g/mol. The van der Waals surface area contributed by atoms with Crippen LogP contribution in [0.25, 0.3) is 12.2 Å². The van der Waals surface area contributed by atoms with Crippen LogP contribution in [0.15, 0.2) is 27.6 Å². The normalized spacial score (nSPS) is 16.1. The SMILES string of the molecule is CCCNC(=O)C1CCN(S(=O)(=O)c2c(C)noc2/C=C/c2ccc(F)cc2F)CC1. The van der Waals surface area contributed by atoms with Crippen molar-refractivity contribution in [3.05, 3.63) is 46.9 Å². The molecular weight excluding hydrogens is 428 g/mol. The van der Waals surface area contributed by atoms with Crippen molar-refractivity contribution in [2.75, 3.05) is 19.6 Å². The third kappa shape index (κ3) is 5.19. The molecule has 1 saturated heterocycles. The van der Waals surface area contributed by atoms with Crippen LogP contribution in [0, 0.1) is 24.5 Å². The van der Waals surface area contributed by atoms with Crippen LogP contribution in [-0.4, -0.2) is 43.4 Å². The van der Waals surface area contributed by atoms with Crippen molar-refractivity contribution in [1.29, 1.82) is 0 Å². The third-order valence-corrected chi connectivity index (χ3v) is 7.24. The van der Waals surface area contributed by atoms with Gasteiger partial charge in [0.15, 0.2) is 10.7 Å². The number of nitrogens with zero attached hydrogens (tertiary/aromatic N) is 2. The molecule has 3 rings (SSSR count). The Kier molecular flexibility index (Phi) is 7.22. The zero-order valence-corrected chi connectivity index (χ0v) is 18.2. The Morgan fingerprint density at radius 2 is 2.00 bits per heavy atom. The van der Waals surface area contributed by atoms with Gasteiger partial charge >= 0.3 is 0 Å². The largest absolute Gasteiger partial charge is 0.356 e. The molecule has 1 aliphatic rings. The van der Waals surface area contributed by atoms with Crippen molar-refractivity contribution in [1.82, 2.24) is 14.8 Å². The van der Waals surface area contributed by atoms with E-state index in [9.17, 15) is 22.0 Å². The lowest BCUT2D eigenvalue weighted by molar-refractivity contribution is -0.126. The fourth-order valence-corrected chi connectivity index (χ4v) is 5.20. The summed E-state index contributed by atoms with van der Waals surface area (Å²) in [6.45, 7) is 4.48. The third-order valence-electron chi connectivity index (χ3n) is 5.18. The molecule has 1 N–H and O–H groups in total. The van der Waals surface area contributed by atoms with Gasteiger partial charge in [0.2, 0.25) is 15.9 Å². The van der Waals surface area contributed by atoms with Crippen LogP contribution in [0.3, 0.4) is 0 Å². The second-order valence-corrected chi connectivity index (χ2v) is 9.30. The number of hydrogen-bond donors (Lipinski definition) is 1. The molecule has 1 aromatic carbocycles. The number of halogens is 2. The molecule has 2 heterocycles. The van der Waals surface area contributed by atoms with Crippen molar-refractivity contribution in [2.45, 2.75) is 38.0 Å². The molecule has 0 aliphatic carbocycles. The van der Waals surface area contributed by atoms with E-state index in [0.29, 0.717) is 19.4 Å². The summed E-state index contributed by atoms with van der Waals surface area (Å²) < 4.78 is 59.9. The van der Waals surface area contributed by atoms with Gasteiger partial charge in [-0.1, -0.05) is 12.1 Å². The summed E-state index contributed by atoms with van der Waals surface area (Å²) in [7, 11) is -3.93. The van der Waals surface area contributed by atoms with Crippen LogP contribution in [0.1, 0.15) is 43.2 Å². The van der Waals surface area contributed by atoms with Crippen LogP contribution in [0.5, 0.6) is 0 Å². The first-order chi connectivity index (χ1) is 14.7. The lowest BCUT2D eigenvalue weighted by atomic mass is 9.97. The summed E-state index contributed by atoms with van der Waals surface area (Å²) >= 11 is 0. The molecule has 0 unspecified atom stereocenters. The van der Waals surface area contributed by atoms with Gasteiger partial charge in [0.25, 0.3) is 0 Å². The first-order valence-corrected chi connectivity index (χ1v) is 11.5. The number of piperidine rings is 1. The first kappa shape index (κ1) is 23.1. The van der Waals surface area contributed by atoms with Crippen molar-refractivity contribution in [3.8, 4) is 0 Å². The number of nitrogens with one attached hydrogen (secondary N) is 1. The van der Waals surface area contributed by atoms with Gasteiger partial charge in [-0.05, 0) is 50.5 Å². The average Bonchev–Trinajstić information content (AvgIpc) is 3.12. The Morgan fingerprint density at radius 3 is 2.65 bits per heavy atom. The minimum Gasteiger partial charge on any atom is -0.356 e. The Morgan fingerprint density at radius 1 is 1.29 bits per heavy atom. The van der Waals surface area contributed by atoms with E-state index in [-0.39, 0.29) is 46.8 Å². The maximum absolute atomic E-state index is 13.9. The van der Waals surface area contributed by atoms with Gasteiger partial charge in [0.1, 0.15) is 17.3 Å². The second-order valence-electron chi connectivity index (χ2n) is 7.43. The second kappa shape index (κ2) is 9.69. The Labute approximate surface area is 180 Å². The molecule has 1 aliphatic heterocycles. The van der Waals surface area contributed by atoms with Crippen LogP contribution < -0.4 is 5.32 Å². The highest BCUT2D eigenvalue weighted by Crippen LogP contribution is 2.29. The molecular formula is C21H25F2N3O4S. The van der Waals surface area contributed by atoms with E-state index < -0.39 is 21.7 Å². The van der Waals surface area contributed by atoms with Gasteiger partial charge in [-0.3, -0.25) is 4.79 Å². The smallest absolute Gasteiger partial charge is 0.248 e. The fraction of sp³-hybridized carbons (Fsp3) is 0.429.